The number of hydrogen-bond acceptors (Lipinski definition) is 3. The molecule has 3 heteroatoms. The van der Waals surface area contributed by atoms with E-state index < -0.39 is 0 Å². The summed E-state index contributed by atoms with van der Waals surface area (Å²) in [6.45, 7) is 1.93. The molecule has 0 spiro atoms. The highest BCUT2D eigenvalue weighted by molar-refractivity contribution is 5.63. The maximum absolute atomic E-state index is 5.70. The molecule has 0 bridgehead atoms. The first-order valence-corrected chi connectivity index (χ1v) is 6.94. The Labute approximate surface area is 124 Å². The number of benzene rings is 2. The normalized spacial score (nSPS) is 12.3. The summed E-state index contributed by atoms with van der Waals surface area (Å²) in [7, 11) is 0. The number of hydrogen-bond donors (Lipinski definition) is 2. The molecule has 21 heavy (non-hydrogen) atoms. The first-order valence-electron chi connectivity index (χ1n) is 6.94. The van der Waals surface area contributed by atoms with E-state index in [2.05, 4.69) is 41.8 Å². The molecule has 3 N–H and O–H groups in total. The molecular formula is C18H18N2O. The van der Waals surface area contributed by atoms with E-state index in [4.69, 9.17) is 10.3 Å². The Hall–Kier alpha value is -2.36. The van der Waals surface area contributed by atoms with Crippen LogP contribution in [0.5, 0.6) is 0 Å². The second-order valence-corrected chi connectivity index (χ2v) is 5.08. The lowest BCUT2D eigenvalue weighted by Gasteiger charge is -2.15. The predicted molar refractivity (Wildman–Crippen MR) is 84.5 cm³/mol. The van der Waals surface area contributed by atoms with E-state index in [0.29, 0.717) is 0 Å². The Morgan fingerprint density at radius 1 is 0.905 bits per heavy atom. The first-order chi connectivity index (χ1) is 10.3. The minimum absolute atomic E-state index is 0.0627. The number of furan rings is 1. The van der Waals surface area contributed by atoms with Gasteiger partial charge in [0.15, 0.2) is 0 Å². The third kappa shape index (κ3) is 2.89. The van der Waals surface area contributed by atoms with E-state index >= 15 is 0 Å². The monoisotopic (exact) mass is 278 g/mol. The molecule has 3 aromatic rings. The van der Waals surface area contributed by atoms with Crippen molar-refractivity contribution in [2.45, 2.75) is 13.0 Å². The van der Waals surface area contributed by atoms with Crippen molar-refractivity contribution in [1.82, 2.24) is 5.43 Å². The Kier molecular flexibility index (Phi) is 3.86. The largest absolute Gasteiger partial charge is 0.469 e. The number of hydrazine groups is 1. The van der Waals surface area contributed by atoms with Crippen molar-refractivity contribution in [3.8, 4) is 11.1 Å². The highest BCUT2D eigenvalue weighted by Gasteiger charge is 2.14. The van der Waals surface area contributed by atoms with Gasteiger partial charge in [-0.15, -0.1) is 0 Å². The maximum atomic E-state index is 5.70. The van der Waals surface area contributed by atoms with Crippen molar-refractivity contribution < 1.29 is 4.42 Å². The Morgan fingerprint density at radius 2 is 1.57 bits per heavy atom. The standard InChI is InChI=1S/C18H18N2O/c1-13-11-17(12-21-13)18(20-19)16-9-7-15(8-10-16)14-5-3-2-4-6-14/h2-12,18,20H,19H2,1H3. The summed E-state index contributed by atoms with van der Waals surface area (Å²) in [5, 5.41) is 0. The van der Waals surface area contributed by atoms with Crippen LogP contribution < -0.4 is 11.3 Å². The van der Waals surface area contributed by atoms with Crippen LogP contribution in [0, 0.1) is 6.92 Å². The van der Waals surface area contributed by atoms with E-state index in [-0.39, 0.29) is 6.04 Å². The summed E-state index contributed by atoms with van der Waals surface area (Å²) in [4.78, 5) is 0. The minimum Gasteiger partial charge on any atom is -0.469 e. The van der Waals surface area contributed by atoms with Gasteiger partial charge in [0, 0.05) is 5.56 Å². The molecule has 3 nitrogen and oxygen atoms in total. The highest BCUT2D eigenvalue weighted by Crippen LogP contribution is 2.26. The second-order valence-electron chi connectivity index (χ2n) is 5.08. The quantitative estimate of drug-likeness (QED) is 0.563. The Balaban J connectivity index is 1.89. The molecule has 0 aliphatic heterocycles. The van der Waals surface area contributed by atoms with Gasteiger partial charge in [-0.05, 0) is 29.7 Å². The highest BCUT2D eigenvalue weighted by atomic mass is 16.3. The lowest BCUT2D eigenvalue weighted by atomic mass is 9.98. The Bertz CT molecular complexity index is 702. The fourth-order valence-corrected chi connectivity index (χ4v) is 2.50. The SMILES string of the molecule is Cc1cc(C(NN)c2ccc(-c3ccccc3)cc2)co1. The molecular weight excluding hydrogens is 260 g/mol. The van der Waals surface area contributed by atoms with Crippen LogP contribution in [0.3, 0.4) is 0 Å². The van der Waals surface area contributed by atoms with Crippen molar-refractivity contribution >= 4 is 0 Å². The van der Waals surface area contributed by atoms with E-state index in [1.54, 1.807) is 6.26 Å². The molecule has 0 fully saturated rings. The molecule has 1 atom stereocenters. The van der Waals surface area contributed by atoms with Gasteiger partial charge < -0.3 is 4.42 Å². The molecule has 0 saturated carbocycles. The third-order valence-corrected chi connectivity index (χ3v) is 3.60. The molecule has 106 valence electrons. The van der Waals surface area contributed by atoms with Crippen LogP contribution in [0.25, 0.3) is 11.1 Å². The molecule has 0 aliphatic rings. The smallest absolute Gasteiger partial charge is 0.101 e. The summed E-state index contributed by atoms with van der Waals surface area (Å²) in [6, 6.07) is 20.7. The second kappa shape index (κ2) is 5.95. The van der Waals surface area contributed by atoms with Crippen LogP contribution in [0.1, 0.15) is 22.9 Å². The average molecular weight is 278 g/mol. The van der Waals surface area contributed by atoms with Gasteiger partial charge >= 0.3 is 0 Å². The van der Waals surface area contributed by atoms with Gasteiger partial charge in [-0.1, -0.05) is 54.6 Å². The van der Waals surface area contributed by atoms with Gasteiger partial charge in [0.25, 0.3) is 0 Å². The molecule has 1 heterocycles. The van der Waals surface area contributed by atoms with Crippen molar-refractivity contribution in [3.05, 3.63) is 83.8 Å². The summed E-state index contributed by atoms with van der Waals surface area (Å²) in [5.41, 5.74) is 7.39. The zero-order chi connectivity index (χ0) is 14.7. The summed E-state index contributed by atoms with van der Waals surface area (Å²) < 4.78 is 5.37. The summed E-state index contributed by atoms with van der Waals surface area (Å²) >= 11 is 0. The van der Waals surface area contributed by atoms with Crippen molar-refractivity contribution in [2.75, 3.05) is 0 Å². The van der Waals surface area contributed by atoms with Gasteiger partial charge in [-0.2, -0.15) is 0 Å². The average Bonchev–Trinajstić information content (AvgIpc) is 2.96. The molecule has 0 aliphatic carbocycles. The fraction of sp³-hybridized carbons (Fsp3) is 0.111. The zero-order valence-electron chi connectivity index (χ0n) is 11.9. The topological polar surface area (TPSA) is 51.2 Å². The van der Waals surface area contributed by atoms with E-state index in [1.807, 2.05) is 31.2 Å². The van der Waals surface area contributed by atoms with Gasteiger partial charge in [-0.3, -0.25) is 5.84 Å². The first kappa shape index (κ1) is 13.6. The number of nitrogens with two attached hydrogens (primary N) is 1. The minimum atomic E-state index is -0.0627. The molecule has 3 rings (SSSR count). The van der Waals surface area contributed by atoms with E-state index in [9.17, 15) is 0 Å². The predicted octanol–water partition coefficient (Wildman–Crippen LogP) is 3.81. The zero-order valence-corrected chi connectivity index (χ0v) is 11.9. The van der Waals surface area contributed by atoms with E-state index in [1.165, 1.54) is 11.1 Å². The Morgan fingerprint density at radius 3 is 2.14 bits per heavy atom. The molecule has 1 unspecified atom stereocenters. The van der Waals surface area contributed by atoms with Gasteiger partial charge in [0.2, 0.25) is 0 Å². The van der Waals surface area contributed by atoms with Gasteiger partial charge in [0.05, 0.1) is 12.3 Å². The van der Waals surface area contributed by atoms with Crippen molar-refractivity contribution in [2.24, 2.45) is 5.84 Å². The van der Waals surface area contributed by atoms with Crippen molar-refractivity contribution in [3.63, 3.8) is 0 Å². The van der Waals surface area contributed by atoms with Crippen LogP contribution >= 0.6 is 0 Å². The van der Waals surface area contributed by atoms with Crippen LogP contribution in [0.15, 0.2) is 71.3 Å². The molecule has 1 aromatic heterocycles. The molecule has 0 radical (unpaired) electrons. The van der Waals surface area contributed by atoms with Crippen LogP contribution in [0.4, 0.5) is 0 Å². The van der Waals surface area contributed by atoms with Crippen LogP contribution in [-0.2, 0) is 0 Å². The maximum Gasteiger partial charge on any atom is 0.101 e. The molecule has 2 aromatic carbocycles. The van der Waals surface area contributed by atoms with Gasteiger partial charge in [-0.25, -0.2) is 5.43 Å². The number of aryl methyl sites for hydroxylation is 1. The van der Waals surface area contributed by atoms with Gasteiger partial charge in [0.1, 0.15) is 5.76 Å². The van der Waals surface area contributed by atoms with Crippen LogP contribution in [-0.4, -0.2) is 0 Å². The molecule has 0 saturated heterocycles. The lowest BCUT2D eigenvalue weighted by molar-refractivity contribution is 0.526. The number of rotatable bonds is 4. The fourth-order valence-electron chi connectivity index (χ4n) is 2.50. The van der Waals surface area contributed by atoms with Crippen LogP contribution in [0.2, 0.25) is 0 Å². The molecule has 0 amide bonds. The summed E-state index contributed by atoms with van der Waals surface area (Å²) in [6.07, 6.45) is 1.74. The summed E-state index contributed by atoms with van der Waals surface area (Å²) in [5.74, 6) is 6.58. The van der Waals surface area contributed by atoms with Crippen molar-refractivity contribution in [1.29, 1.82) is 0 Å². The lowest BCUT2D eigenvalue weighted by Crippen LogP contribution is -2.28. The van der Waals surface area contributed by atoms with E-state index in [0.717, 1.165) is 16.9 Å². The third-order valence-electron chi connectivity index (χ3n) is 3.60. The number of nitrogens with one attached hydrogen (secondary N) is 1.